The van der Waals surface area contributed by atoms with Crippen molar-refractivity contribution in [3.63, 3.8) is 0 Å². The molecule has 2 nitrogen and oxygen atoms in total. The molecule has 1 N–H and O–H groups in total. The van der Waals surface area contributed by atoms with E-state index in [1.807, 2.05) is 0 Å². The topological polar surface area (TPSA) is 37.3 Å². The fourth-order valence-electron chi connectivity index (χ4n) is 0.355. The molecule has 8 heavy (non-hydrogen) atoms. The van der Waals surface area contributed by atoms with E-state index >= 15 is 0 Å². The first kappa shape index (κ1) is 7.37. The van der Waals surface area contributed by atoms with Crippen LogP contribution in [0.3, 0.4) is 0 Å². The summed E-state index contributed by atoms with van der Waals surface area (Å²) >= 11 is 0. The largest absolute Gasteiger partial charge is 0.396 e. The predicted octanol–water partition coefficient (Wildman–Crippen LogP) is 0.514. The number of hydrogen-bond donors (Lipinski definition) is 1. The highest BCUT2D eigenvalue weighted by molar-refractivity contribution is 5.88. The average molecular weight is 114 g/mol. The smallest absolute Gasteiger partial charge is 0.155 e. The van der Waals surface area contributed by atoms with Gasteiger partial charge in [0.15, 0.2) is 5.78 Å². The van der Waals surface area contributed by atoms with Crippen molar-refractivity contribution in [2.24, 2.45) is 0 Å². The third-order valence-corrected chi connectivity index (χ3v) is 0.809. The number of allylic oxidation sites excluding steroid dienone is 1. The number of aliphatic hydroxyl groups is 1. The lowest BCUT2D eigenvalue weighted by Gasteiger charge is -1.87. The summed E-state index contributed by atoms with van der Waals surface area (Å²) in [5, 5.41) is 8.22. The van der Waals surface area contributed by atoms with Gasteiger partial charge in [-0.15, -0.1) is 0 Å². The number of hydrogen-bond acceptors (Lipinski definition) is 2. The zero-order valence-corrected chi connectivity index (χ0v) is 4.76. The van der Waals surface area contributed by atoms with Gasteiger partial charge in [0, 0.05) is 13.0 Å². The minimum atomic E-state index is -0.000880. The molecule has 0 aliphatic carbocycles. The van der Waals surface area contributed by atoms with E-state index < -0.39 is 0 Å². The molecule has 0 aliphatic heterocycles. The molecule has 0 aromatic rings. The zero-order valence-electron chi connectivity index (χ0n) is 4.76. The van der Waals surface area contributed by atoms with Gasteiger partial charge in [0.2, 0.25) is 0 Å². The summed E-state index contributed by atoms with van der Waals surface area (Å²) in [6.07, 6.45) is 2.24. The Hall–Kier alpha value is -0.630. The molecular weight excluding hydrogens is 104 g/mol. The monoisotopic (exact) mass is 114 g/mol. The molecule has 0 saturated heterocycles. The fourth-order valence-corrected chi connectivity index (χ4v) is 0.355. The number of ketones is 1. The molecule has 0 radical (unpaired) electrons. The minimum absolute atomic E-state index is 0.000880. The number of carbonyl (C=O) groups excluding carboxylic acids is 1. The summed E-state index contributed by atoms with van der Waals surface area (Å²) in [4.78, 5) is 10.3. The van der Waals surface area contributed by atoms with Crippen LogP contribution in [0, 0.1) is 0 Å². The van der Waals surface area contributed by atoms with E-state index in [-0.39, 0.29) is 12.4 Å². The molecule has 0 saturated carbocycles. The van der Waals surface area contributed by atoms with Crippen molar-refractivity contribution in [3.8, 4) is 0 Å². The summed E-state index contributed by atoms with van der Waals surface area (Å²) in [6, 6.07) is 0. The lowest BCUT2D eigenvalue weighted by atomic mass is 10.2. The highest BCUT2D eigenvalue weighted by atomic mass is 16.3. The summed E-state index contributed by atoms with van der Waals surface area (Å²) in [6.45, 7) is 3.37. The van der Waals surface area contributed by atoms with E-state index in [0.29, 0.717) is 12.8 Å². The second-order valence-corrected chi connectivity index (χ2v) is 1.50. The van der Waals surface area contributed by atoms with Gasteiger partial charge in [-0.2, -0.15) is 0 Å². The van der Waals surface area contributed by atoms with Crippen molar-refractivity contribution >= 4 is 5.78 Å². The van der Waals surface area contributed by atoms with Crippen LogP contribution in [0.15, 0.2) is 12.7 Å². The third-order valence-electron chi connectivity index (χ3n) is 0.809. The Kier molecular flexibility index (Phi) is 4.17. The van der Waals surface area contributed by atoms with Crippen molar-refractivity contribution in [2.75, 3.05) is 6.61 Å². The third kappa shape index (κ3) is 3.56. The normalized spacial score (nSPS) is 8.62. The number of carbonyl (C=O) groups is 1. The molecule has 0 atom stereocenters. The van der Waals surface area contributed by atoms with Crippen molar-refractivity contribution < 1.29 is 9.90 Å². The molecule has 2 heteroatoms. The maximum absolute atomic E-state index is 10.3. The molecule has 0 aromatic heterocycles. The summed E-state index contributed by atoms with van der Waals surface area (Å²) in [5.41, 5.74) is 0. The predicted molar refractivity (Wildman–Crippen MR) is 31.5 cm³/mol. The van der Waals surface area contributed by atoms with Gasteiger partial charge in [-0.1, -0.05) is 6.58 Å². The maximum Gasteiger partial charge on any atom is 0.155 e. The minimum Gasteiger partial charge on any atom is -0.396 e. The molecule has 0 aromatic carbocycles. The molecule has 46 valence electrons. The van der Waals surface area contributed by atoms with E-state index in [1.54, 1.807) is 0 Å². The molecule has 0 fully saturated rings. The number of aliphatic hydroxyl groups excluding tert-OH is 1. The van der Waals surface area contributed by atoms with E-state index in [4.69, 9.17) is 5.11 Å². The van der Waals surface area contributed by atoms with Crippen LogP contribution >= 0.6 is 0 Å². The second-order valence-electron chi connectivity index (χ2n) is 1.50. The molecule has 0 bridgehead atoms. The van der Waals surface area contributed by atoms with Gasteiger partial charge in [-0.25, -0.2) is 0 Å². The Bertz CT molecular complexity index is 86.5. The molecule has 0 spiro atoms. The van der Waals surface area contributed by atoms with Crippen LogP contribution in [0.5, 0.6) is 0 Å². The van der Waals surface area contributed by atoms with Crippen molar-refractivity contribution in [3.05, 3.63) is 12.7 Å². The molecule has 0 aliphatic rings. The van der Waals surface area contributed by atoms with Crippen LogP contribution in [0.25, 0.3) is 0 Å². The van der Waals surface area contributed by atoms with Crippen LogP contribution in [-0.2, 0) is 4.79 Å². The molecular formula is C6H10O2. The lowest BCUT2D eigenvalue weighted by molar-refractivity contribution is -0.114. The molecule has 0 unspecified atom stereocenters. The van der Waals surface area contributed by atoms with Crippen molar-refractivity contribution in [2.45, 2.75) is 12.8 Å². The Balaban J connectivity index is 3.11. The Morgan fingerprint density at radius 1 is 1.75 bits per heavy atom. The zero-order chi connectivity index (χ0) is 6.41. The molecule has 0 heterocycles. The first-order valence-corrected chi connectivity index (χ1v) is 2.57. The SMILES string of the molecule is C=CC(=O)CCCO. The van der Waals surface area contributed by atoms with E-state index in [2.05, 4.69) is 6.58 Å². The Labute approximate surface area is 48.8 Å². The lowest BCUT2D eigenvalue weighted by Crippen LogP contribution is -1.93. The first-order chi connectivity index (χ1) is 3.81. The highest BCUT2D eigenvalue weighted by Crippen LogP contribution is 1.88. The second kappa shape index (κ2) is 4.53. The van der Waals surface area contributed by atoms with Crippen LogP contribution in [-0.4, -0.2) is 17.5 Å². The van der Waals surface area contributed by atoms with Crippen LogP contribution in [0.4, 0.5) is 0 Å². The summed E-state index contributed by atoms with van der Waals surface area (Å²) < 4.78 is 0. The summed E-state index contributed by atoms with van der Waals surface area (Å²) in [7, 11) is 0. The average Bonchev–Trinajstić information content (AvgIpc) is 1.83. The maximum atomic E-state index is 10.3. The number of rotatable bonds is 4. The van der Waals surface area contributed by atoms with Crippen LogP contribution in [0.1, 0.15) is 12.8 Å². The Morgan fingerprint density at radius 3 is 2.75 bits per heavy atom. The first-order valence-electron chi connectivity index (χ1n) is 2.57. The van der Waals surface area contributed by atoms with Gasteiger partial charge in [-0.3, -0.25) is 4.79 Å². The van der Waals surface area contributed by atoms with Gasteiger partial charge in [0.25, 0.3) is 0 Å². The van der Waals surface area contributed by atoms with Crippen LogP contribution in [0.2, 0.25) is 0 Å². The standard InChI is InChI=1S/C6H10O2/c1-2-6(8)4-3-5-7/h2,7H,1,3-5H2. The van der Waals surface area contributed by atoms with Crippen molar-refractivity contribution in [1.29, 1.82) is 0 Å². The van der Waals surface area contributed by atoms with Crippen molar-refractivity contribution in [1.82, 2.24) is 0 Å². The molecule has 0 rings (SSSR count). The van der Waals surface area contributed by atoms with Gasteiger partial charge >= 0.3 is 0 Å². The van der Waals surface area contributed by atoms with E-state index in [0.717, 1.165) is 0 Å². The fraction of sp³-hybridized carbons (Fsp3) is 0.500. The van der Waals surface area contributed by atoms with Gasteiger partial charge < -0.3 is 5.11 Å². The molecule has 0 amide bonds. The quantitative estimate of drug-likeness (QED) is 0.541. The summed E-state index contributed by atoms with van der Waals surface area (Å²) in [5.74, 6) is -0.000880. The highest BCUT2D eigenvalue weighted by Gasteiger charge is 1.91. The van der Waals surface area contributed by atoms with Crippen LogP contribution < -0.4 is 0 Å². The Morgan fingerprint density at radius 2 is 2.38 bits per heavy atom. The van der Waals surface area contributed by atoms with Gasteiger partial charge in [0.05, 0.1) is 0 Å². The van der Waals surface area contributed by atoms with Gasteiger partial charge in [-0.05, 0) is 12.5 Å². The van der Waals surface area contributed by atoms with E-state index in [1.165, 1.54) is 6.08 Å². The van der Waals surface area contributed by atoms with Gasteiger partial charge in [0.1, 0.15) is 0 Å². The van der Waals surface area contributed by atoms with E-state index in [9.17, 15) is 4.79 Å².